The summed E-state index contributed by atoms with van der Waals surface area (Å²) in [4.78, 5) is 32.4. The number of nitrogens with zero attached hydrogens (tertiary/aromatic N) is 3. The number of ether oxygens (including phenoxy) is 1. The molecule has 1 heterocycles. The van der Waals surface area contributed by atoms with E-state index >= 15 is 0 Å². The van der Waals surface area contributed by atoms with Gasteiger partial charge in [0.25, 0.3) is 5.56 Å². The Balaban J connectivity index is 1.39. The maximum absolute atomic E-state index is 14.4. The molecule has 238 valence electrons. The van der Waals surface area contributed by atoms with Gasteiger partial charge in [-0.1, -0.05) is 72.4 Å². The van der Waals surface area contributed by atoms with E-state index in [1.165, 1.54) is 31.4 Å². The van der Waals surface area contributed by atoms with E-state index in [1.807, 2.05) is 0 Å². The Kier molecular flexibility index (Phi) is 10.2. The molecule has 0 spiro atoms. The molecule has 0 saturated heterocycles. The lowest BCUT2D eigenvalue weighted by atomic mass is 10.0. The van der Waals surface area contributed by atoms with Crippen molar-refractivity contribution in [3.8, 4) is 11.1 Å². The highest BCUT2D eigenvalue weighted by molar-refractivity contribution is 7.98. The second-order valence-corrected chi connectivity index (χ2v) is 11.3. The summed E-state index contributed by atoms with van der Waals surface area (Å²) in [5.41, 5.74) is 1.43. The van der Waals surface area contributed by atoms with Crippen molar-refractivity contribution in [2.24, 2.45) is 0 Å². The highest BCUT2D eigenvalue weighted by Crippen LogP contribution is 2.31. The number of benzene rings is 4. The minimum atomic E-state index is -4.42. The lowest BCUT2D eigenvalue weighted by molar-refractivity contribution is -0.137. The number of rotatable bonds is 11. The van der Waals surface area contributed by atoms with Crippen LogP contribution in [0.1, 0.15) is 16.7 Å². The monoisotopic (exact) mass is 653 g/mol. The number of alkyl halides is 3. The summed E-state index contributed by atoms with van der Waals surface area (Å²) in [6.45, 7) is 0.505. The number of carbonyl (C=O) groups excluding carboxylic acids is 1. The lowest BCUT2D eigenvalue weighted by Gasteiger charge is -2.24. The zero-order chi connectivity index (χ0) is 32.8. The minimum absolute atomic E-state index is 0.0266. The van der Waals surface area contributed by atoms with Gasteiger partial charge in [-0.05, 0) is 47.0 Å². The van der Waals surface area contributed by atoms with Crippen LogP contribution in [0.15, 0.2) is 101 Å². The molecule has 1 aromatic heterocycles. The third-order valence-corrected chi connectivity index (χ3v) is 8.35. The maximum atomic E-state index is 14.4. The molecule has 0 saturated carbocycles. The second kappa shape index (κ2) is 14.3. The predicted octanol–water partition coefficient (Wildman–Crippen LogP) is 7.33. The molecular formula is C34H28F5N3O3S. The summed E-state index contributed by atoms with van der Waals surface area (Å²) in [7, 11) is 1.51. The summed E-state index contributed by atoms with van der Waals surface area (Å²) in [6, 6.07) is 22.6. The first-order valence-electron chi connectivity index (χ1n) is 14.1. The maximum Gasteiger partial charge on any atom is 0.416 e. The zero-order valence-electron chi connectivity index (χ0n) is 24.6. The second-order valence-electron chi connectivity index (χ2n) is 10.4. The number of methoxy groups -OCH3 is 1. The standard InChI is InChI=1S/C34H28F5N3O3S/c1-45-18-17-41(19-22-9-11-23(12-10-22)24-13-15-26(16-14-24)34(37,38)39)30(43)20-42-29-8-3-2-6-27(29)32(44)40-33(42)46-21-25-5-4-7-28(35)31(25)36/h2-16H,17-21H2,1H3. The van der Waals surface area contributed by atoms with Gasteiger partial charge in [0.1, 0.15) is 6.54 Å². The van der Waals surface area contributed by atoms with Crippen LogP contribution in [0.2, 0.25) is 0 Å². The molecule has 0 atom stereocenters. The summed E-state index contributed by atoms with van der Waals surface area (Å²) in [5.74, 6) is -2.31. The predicted molar refractivity (Wildman–Crippen MR) is 166 cm³/mol. The normalized spacial score (nSPS) is 11.6. The van der Waals surface area contributed by atoms with Crippen LogP contribution in [0.4, 0.5) is 22.0 Å². The number of aromatic nitrogens is 2. The van der Waals surface area contributed by atoms with Gasteiger partial charge >= 0.3 is 6.18 Å². The fourth-order valence-corrected chi connectivity index (χ4v) is 5.84. The average Bonchev–Trinajstić information content (AvgIpc) is 3.05. The number of fused-ring (bicyclic) bond motifs is 1. The molecule has 0 fully saturated rings. The largest absolute Gasteiger partial charge is 0.416 e. The van der Waals surface area contributed by atoms with Gasteiger partial charge in [0, 0.05) is 31.5 Å². The Morgan fingerprint density at radius 2 is 1.59 bits per heavy atom. The van der Waals surface area contributed by atoms with Crippen LogP contribution in [0, 0.1) is 11.6 Å². The summed E-state index contributed by atoms with van der Waals surface area (Å²) in [5, 5.41) is 0.479. The molecule has 0 radical (unpaired) electrons. The van der Waals surface area contributed by atoms with E-state index in [0.29, 0.717) is 16.5 Å². The summed E-state index contributed by atoms with van der Waals surface area (Å²) in [6.07, 6.45) is -4.42. The molecule has 5 aromatic rings. The van der Waals surface area contributed by atoms with Crippen molar-refractivity contribution in [1.82, 2.24) is 14.5 Å². The van der Waals surface area contributed by atoms with Crippen molar-refractivity contribution in [2.75, 3.05) is 20.3 Å². The summed E-state index contributed by atoms with van der Waals surface area (Å²) < 4.78 is 73.9. The molecule has 5 rings (SSSR count). The van der Waals surface area contributed by atoms with E-state index in [0.717, 1.165) is 41.1 Å². The Hall–Kier alpha value is -4.55. The van der Waals surface area contributed by atoms with Gasteiger partial charge in [-0.2, -0.15) is 18.2 Å². The van der Waals surface area contributed by atoms with E-state index in [9.17, 15) is 31.5 Å². The molecule has 0 aliphatic rings. The topological polar surface area (TPSA) is 64.4 Å². The third kappa shape index (κ3) is 7.63. The van der Waals surface area contributed by atoms with E-state index in [2.05, 4.69) is 4.98 Å². The molecule has 1 amide bonds. The third-order valence-electron chi connectivity index (χ3n) is 7.33. The van der Waals surface area contributed by atoms with Gasteiger partial charge in [-0.3, -0.25) is 9.59 Å². The first-order chi connectivity index (χ1) is 22.0. The fraction of sp³-hybridized carbons (Fsp3) is 0.206. The van der Waals surface area contributed by atoms with Crippen molar-refractivity contribution >= 4 is 28.6 Å². The van der Waals surface area contributed by atoms with Gasteiger partial charge in [0.15, 0.2) is 16.8 Å². The molecular weight excluding hydrogens is 625 g/mol. The van der Waals surface area contributed by atoms with Crippen LogP contribution in [0.5, 0.6) is 0 Å². The number of carbonyl (C=O) groups is 1. The molecule has 0 bridgehead atoms. The van der Waals surface area contributed by atoms with Crippen molar-refractivity contribution < 1.29 is 31.5 Å². The van der Waals surface area contributed by atoms with Crippen molar-refractivity contribution in [2.45, 2.75) is 30.2 Å². The highest BCUT2D eigenvalue weighted by Gasteiger charge is 2.30. The van der Waals surface area contributed by atoms with Crippen LogP contribution in [0.25, 0.3) is 22.0 Å². The van der Waals surface area contributed by atoms with E-state index in [1.54, 1.807) is 58.0 Å². The van der Waals surface area contributed by atoms with Gasteiger partial charge in [-0.15, -0.1) is 0 Å². The first kappa shape index (κ1) is 32.8. The highest BCUT2D eigenvalue weighted by atomic mass is 32.2. The molecule has 0 N–H and O–H groups in total. The van der Waals surface area contributed by atoms with Gasteiger partial charge in [-0.25, -0.2) is 8.78 Å². The van der Waals surface area contributed by atoms with Crippen LogP contribution < -0.4 is 5.56 Å². The van der Waals surface area contributed by atoms with E-state index in [4.69, 9.17) is 4.74 Å². The van der Waals surface area contributed by atoms with Gasteiger partial charge < -0.3 is 14.2 Å². The number of thioether (sulfide) groups is 1. The van der Waals surface area contributed by atoms with Gasteiger partial charge in [0.2, 0.25) is 5.91 Å². The Labute approximate surface area is 265 Å². The molecule has 6 nitrogen and oxygen atoms in total. The average molecular weight is 654 g/mol. The van der Waals surface area contributed by atoms with Crippen molar-refractivity contribution in [3.05, 3.63) is 130 Å². The van der Waals surface area contributed by atoms with Crippen LogP contribution in [-0.4, -0.2) is 40.6 Å². The Morgan fingerprint density at radius 3 is 2.26 bits per heavy atom. The Morgan fingerprint density at radius 1 is 0.913 bits per heavy atom. The summed E-state index contributed by atoms with van der Waals surface area (Å²) >= 11 is 1.02. The van der Waals surface area contributed by atoms with Crippen LogP contribution in [0.3, 0.4) is 0 Å². The molecule has 12 heteroatoms. The van der Waals surface area contributed by atoms with Crippen LogP contribution >= 0.6 is 11.8 Å². The smallest absolute Gasteiger partial charge is 0.383 e. The Bertz CT molecular complexity index is 1890. The molecule has 46 heavy (non-hydrogen) atoms. The number of hydrogen-bond donors (Lipinski definition) is 0. The number of halogens is 5. The van der Waals surface area contributed by atoms with Crippen molar-refractivity contribution in [3.63, 3.8) is 0 Å². The van der Waals surface area contributed by atoms with Crippen LogP contribution in [-0.2, 0) is 34.6 Å². The first-order valence-corrected chi connectivity index (χ1v) is 15.1. The van der Waals surface area contributed by atoms with E-state index in [-0.39, 0.29) is 48.6 Å². The minimum Gasteiger partial charge on any atom is -0.383 e. The number of amides is 1. The number of hydrogen-bond acceptors (Lipinski definition) is 5. The molecule has 0 aliphatic carbocycles. The fourth-order valence-electron chi connectivity index (χ4n) is 4.87. The molecule has 4 aromatic carbocycles. The van der Waals surface area contributed by atoms with Gasteiger partial charge in [0.05, 0.1) is 23.1 Å². The lowest BCUT2D eigenvalue weighted by Crippen LogP contribution is -2.36. The quantitative estimate of drug-likeness (QED) is 0.0849. The SMILES string of the molecule is COCCN(Cc1ccc(-c2ccc(C(F)(F)F)cc2)cc1)C(=O)Cn1c(SCc2cccc(F)c2F)nc(=O)c2ccccc21. The molecule has 0 aliphatic heterocycles. The molecule has 0 unspecified atom stereocenters. The van der Waals surface area contributed by atoms with E-state index < -0.39 is 28.9 Å². The number of para-hydroxylation sites is 1. The zero-order valence-corrected chi connectivity index (χ0v) is 25.4. The van der Waals surface area contributed by atoms with Crippen molar-refractivity contribution in [1.29, 1.82) is 0 Å².